The summed E-state index contributed by atoms with van der Waals surface area (Å²) in [5.74, 6) is -0.908. The van der Waals surface area contributed by atoms with Crippen molar-refractivity contribution in [3.63, 3.8) is 0 Å². The number of methoxy groups -OCH3 is 1. The van der Waals surface area contributed by atoms with Crippen molar-refractivity contribution >= 4 is 5.97 Å². The summed E-state index contributed by atoms with van der Waals surface area (Å²) < 4.78 is 4.95. The van der Waals surface area contributed by atoms with Crippen molar-refractivity contribution in [1.29, 1.82) is 0 Å². The van der Waals surface area contributed by atoms with Crippen molar-refractivity contribution in [3.05, 3.63) is 29.3 Å². The van der Waals surface area contributed by atoms with E-state index in [-0.39, 0.29) is 16.9 Å². The molecule has 0 aromatic heterocycles. The summed E-state index contributed by atoms with van der Waals surface area (Å²) in [6, 6.07) is 3.90. The van der Waals surface area contributed by atoms with E-state index in [1.165, 1.54) is 25.3 Å². The minimum atomic E-state index is -1.41. The van der Waals surface area contributed by atoms with Gasteiger partial charge >= 0.3 is 5.97 Å². The molecule has 17 heavy (non-hydrogen) atoms. The van der Waals surface area contributed by atoms with Gasteiger partial charge in [0, 0.05) is 5.56 Å². The fourth-order valence-corrected chi connectivity index (χ4v) is 1.41. The van der Waals surface area contributed by atoms with Gasteiger partial charge in [-0.3, -0.25) is 0 Å². The van der Waals surface area contributed by atoms with Crippen molar-refractivity contribution in [2.45, 2.75) is 12.2 Å². The van der Waals surface area contributed by atoms with Crippen LogP contribution in [0.1, 0.15) is 22.0 Å². The molecule has 6 heteroatoms. The van der Waals surface area contributed by atoms with Gasteiger partial charge < -0.3 is 25.2 Å². The quantitative estimate of drug-likeness (QED) is 0.568. The van der Waals surface area contributed by atoms with Gasteiger partial charge in [0.25, 0.3) is 0 Å². The fraction of sp³-hybridized carbons (Fsp3) is 0.364. The Morgan fingerprint density at radius 3 is 2.53 bits per heavy atom. The number of rotatable bonds is 5. The summed E-state index contributed by atoms with van der Waals surface area (Å²) in [4.78, 5) is 10.8. The van der Waals surface area contributed by atoms with Gasteiger partial charge in [0.1, 0.15) is 18.0 Å². The number of carbonyl (C=O) groups is 1. The van der Waals surface area contributed by atoms with Gasteiger partial charge in [-0.05, 0) is 18.2 Å². The first-order valence-corrected chi connectivity index (χ1v) is 4.89. The van der Waals surface area contributed by atoms with Crippen LogP contribution in [0.25, 0.3) is 0 Å². The minimum Gasteiger partial charge on any atom is -0.496 e. The Hall–Kier alpha value is -1.63. The standard InChI is InChI=1S/C11H14O6/c1-17-9-3-2-6(11(15)16)4-7(9)10(14)8(13)5-12/h2-4,8,10,12-14H,5H2,1H3,(H,15,16). The second-order valence-electron chi connectivity index (χ2n) is 3.46. The monoisotopic (exact) mass is 242 g/mol. The highest BCUT2D eigenvalue weighted by Gasteiger charge is 2.22. The van der Waals surface area contributed by atoms with Crippen LogP contribution in [-0.2, 0) is 0 Å². The van der Waals surface area contributed by atoms with Crippen LogP contribution in [0, 0.1) is 0 Å². The highest BCUT2D eigenvalue weighted by atomic mass is 16.5. The third kappa shape index (κ3) is 2.94. The predicted molar refractivity (Wildman–Crippen MR) is 58.0 cm³/mol. The van der Waals surface area contributed by atoms with Crippen LogP contribution in [0.3, 0.4) is 0 Å². The molecule has 1 aromatic rings. The van der Waals surface area contributed by atoms with Crippen LogP contribution in [0.2, 0.25) is 0 Å². The first-order valence-electron chi connectivity index (χ1n) is 4.89. The van der Waals surface area contributed by atoms with E-state index in [2.05, 4.69) is 0 Å². The average molecular weight is 242 g/mol. The maximum Gasteiger partial charge on any atom is 0.335 e. The van der Waals surface area contributed by atoms with Gasteiger partial charge in [-0.2, -0.15) is 0 Å². The lowest BCUT2D eigenvalue weighted by molar-refractivity contribution is -0.0162. The molecule has 0 amide bonds. The lowest BCUT2D eigenvalue weighted by Gasteiger charge is -2.18. The number of aliphatic hydroxyl groups is 3. The Kier molecular flexibility index (Phi) is 4.45. The van der Waals surface area contributed by atoms with Gasteiger partial charge in [0.2, 0.25) is 0 Å². The molecule has 0 aliphatic carbocycles. The zero-order valence-electron chi connectivity index (χ0n) is 9.20. The average Bonchev–Trinajstić information content (AvgIpc) is 2.35. The van der Waals surface area contributed by atoms with Crippen LogP contribution in [-0.4, -0.2) is 46.2 Å². The van der Waals surface area contributed by atoms with E-state index in [0.29, 0.717) is 0 Å². The largest absolute Gasteiger partial charge is 0.496 e. The number of benzene rings is 1. The maximum atomic E-state index is 10.8. The molecule has 0 spiro atoms. The van der Waals surface area contributed by atoms with Crippen molar-refractivity contribution in [2.24, 2.45) is 0 Å². The molecule has 1 aromatic carbocycles. The van der Waals surface area contributed by atoms with Crippen LogP contribution in [0.5, 0.6) is 5.75 Å². The first kappa shape index (κ1) is 13.4. The Balaban J connectivity index is 3.18. The molecule has 0 saturated carbocycles. The smallest absolute Gasteiger partial charge is 0.335 e. The molecular weight excluding hydrogens is 228 g/mol. The molecule has 0 aliphatic heterocycles. The maximum absolute atomic E-state index is 10.8. The summed E-state index contributed by atoms with van der Waals surface area (Å²) in [5, 5.41) is 36.6. The van der Waals surface area contributed by atoms with Crippen molar-refractivity contribution in [3.8, 4) is 5.75 Å². The number of carboxylic acid groups (broad SMARTS) is 1. The molecule has 0 heterocycles. The highest BCUT2D eigenvalue weighted by Crippen LogP contribution is 2.28. The highest BCUT2D eigenvalue weighted by molar-refractivity contribution is 5.88. The molecule has 0 saturated heterocycles. The van der Waals surface area contributed by atoms with Gasteiger partial charge in [0.15, 0.2) is 0 Å². The molecule has 0 fully saturated rings. The zero-order valence-corrected chi connectivity index (χ0v) is 9.20. The summed E-state index contributed by atoms with van der Waals surface area (Å²) in [6.07, 6.45) is -2.80. The summed E-state index contributed by atoms with van der Waals surface area (Å²) >= 11 is 0. The number of hydrogen-bond acceptors (Lipinski definition) is 5. The molecule has 0 radical (unpaired) electrons. The Morgan fingerprint density at radius 1 is 1.41 bits per heavy atom. The third-order valence-electron chi connectivity index (χ3n) is 2.35. The van der Waals surface area contributed by atoms with E-state index < -0.39 is 24.8 Å². The van der Waals surface area contributed by atoms with Crippen molar-refractivity contribution < 1.29 is 30.0 Å². The number of hydrogen-bond donors (Lipinski definition) is 4. The summed E-state index contributed by atoms with van der Waals surface area (Å²) in [5.41, 5.74) is 0.0824. The SMILES string of the molecule is COc1ccc(C(=O)O)cc1C(O)C(O)CO. The molecule has 0 aliphatic rings. The molecule has 6 nitrogen and oxygen atoms in total. The molecule has 1 rings (SSSR count). The number of aromatic carboxylic acids is 1. The molecule has 94 valence electrons. The third-order valence-corrected chi connectivity index (χ3v) is 2.35. The van der Waals surface area contributed by atoms with E-state index in [4.69, 9.17) is 14.9 Å². The van der Waals surface area contributed by atoms with E-state index in [9.17, 15) is 15.0 Å². The number of ether oxygens (including phenoxy) is 1. The molecule has 2 unspecified atom stereocenters. The Bertz CT molecular complexity index is 403. The normalized spacial score (nSPS) is 14.1. The molecule has 0 bridgehead atoms. The van der Waals surface area contributed by atoms with Gasteiger partial charge in [-0.25, -0.2) is 4.79 Å². The number of aliphatic hydroxyl groups excluding tert-OH is 3. The van der Waals surface area contributed by atoms with E-state index in [1.807, 2.05) is 0 Å². The molecule has 2 atom stereocenters. The van der Waals surface area contributed by atoms with Gasteiger partial charge in [-0.15, -0.1) is 0 Å². The Labute approximate surface area is 97.7 Å². The predicted octanol–water partition coefficient (Wildman–Crippen LogP) is -0.220. The number of carboxylic acids is 1. The van der Waals surface area contributed by atoms with Crippen molar-refractivity contribution in [2.75, 3.05) is 13.7 Å². The second-order valence-corrected chi connectivity index (χ2v) is 3.46. The zero-order chi connectivity index (χ0) is 13.0. The van der Waals surface area contributed by atoms with Crippen LogP contribution in [0.4, 0.5) is 0 Å². The second kappa shape index (κ2) is 5.62. The fourth-order valence-electron chi connectivity index (χ4n) is 1.41. The van der Waals surface area contributed by atoms with E-state index in [1.54, 1.807) is 0 Å². The van der Waals surface area contributed by atoms with Gasteiger partial charge in [0.05, 0.1) is 19.3 Å². The van der Waals surface area contributed by atoms with E-state index in [0.717, 1.165) is 0 Å². The topological polar surface area (TPSA) is 107 Å². The van der Waals surface area contributed by atoms with Crippen LogP contribution in [0.15, 0.2) is 18.2 Å². The molecular formula is C11H14O6. The minimum absolute atomic E-state index is 0.0370. The lowest BCUT2D eigenvalue weighted by atomic mass is 10.0. The van der Waals surface area contributed by atoms with Crippen molar-refractivity contribution in [1.82, 2.24) is 0 Å². The Morgan fingerprint density at radius 2 is 2.06 bits per heavy atom. The summed E-state index contributed by atoms with van der Waals surface area (Å²) in [6.45, 7) is -0.637. The molecule has 4 N–H and O–H groups in total. The lowest BCUT2D eigenvalue weighted by Crippen LogP contribution is -2.22. The van der Waals surface area contributed by atoms with Crippen LogP contribution < -0.4 is 4.74 Å². The summed E-state index contributed by atoms with van der Waals surface area (Å²) in [7, 11) is 1.36. The first-order chi connectivity index (χ1) is 8.01. The van der Waals surface area contributed by atoms with Crippen LogP contribution >= 0.6 is 0 Å². The van der Waals surface area contributed by atoms with E-state index >= 15 is 0 Å². The van der Waals surface area contributed by atoms with Gasteiger partial charge in [-0.1, -0.05) is 0 Å².